The molecule has 0 aromatic rings. The number of hydrogen-bond acceptors (Lipinski definition) is 4. The van der Waals surface area contributed by atoms with E-state index in [1.54, 1.807) is 0 Å². The second-order valence-electron chi connectivity index (χ2n) is 2.70. The van der Waals surface area contributed by atoms with Crippen LogP contribution in [0.2, 0.25) is 0 Å². The van der Waals surface area contributed by atoms with Gasteiger partial charge in [0.25, 0.3) is 0 Å². The minimum Gasteiger partial charge on any atom is -0.371 e. The largest absolute Gasteiger partial charge is 0.371 e. The van der Waals surface area contributed by atoms with E-state index in [4.69, 9.17) is 14.6 Å². The number of unbranched alkanes of at least 4 members (excludes halogenated alkanes) is 1. The fourth-order valence-electron chi connectivity index (χ4n) is 0.779. The monoisotopic (exact) mass is 192 g/mol. The van der Waals surface area contributed by atoms with Gasteiger partial charge in [-0.15, -0.1) is 0 Å². The van der Waals surface area contributed by atoms with Crippen molar-refractivity contribution in [2.24, 2.45) is 0 Å². The number of aliphatic hydroxyl groups is 1. The molecule has 0 aromatic heterocycles. The molecule has 0 saturated carbocycles. The van der Waals surface area contributed by atoms with E-state index >= 15 is 0 Å². The lowest BCUT2D eigenvalue weighted by molar-refractivity contribution is -0.145. The summed E-state index contributed by atoms with van der Waals surface area (Å²) in [7, 11) is 0. The van der Waals surface area contributed by atoms with Crippen molar-refractivity contribution in [3.8, 4) is 0 Å². The maximum absolute atomic E-state index is 8.30. The average molecular weight is 192 g/mol. The van der Waals surface area contributed by atoms with E-state index in [1.165, 1.54) is 0 Å². The fraction of sp³-hybridized carbons (Fsp3) is 1.00. The van der Waals surface area contributed by atoms with E-state index in [0.29, 0.717) is 13.2 Å². The summed E-state index contributed by atoms with van der Waals surface area (Å²) in [4.78, 5) is 0. The highest BCUT2D eigenvalue weighted by Gasteiger charge is 2.00. The van der Waals surface area contributed by atoms with E-state index in [1.807, 2.05) is 6.92 Å². The van der Waals surface area contributed by atoms with Gasteiger partial charge in [0, 0.05) is 6.61 Å². The highest BCUT2D eigenvalue weighted by Crippen LogP contribution is 1.96. The molecule has 0 rings (SSSR count). The summed E-state index contributed by atoms with van der Waals surface area (Å²) in [5.74, 6) is 0. The Morgan fingerprint density at radius 1 is 1.15 bits per heavy atom. The first kappa shape index (κ1) is 12.8. The maximum atomic E-state index is 8.30. The van der Waals surface area contributed by atoms with Crippen LogP contribution in [0.3, 0.4) is 0 Å². The molecule has 13 heavy (non-hydrogen) atoms. The summed E-state index contributed by atoms with van der Waals surface area (Å²) < 4.78 is 15.2. The van der Waals surface area contributed by atoms with Crippen LogP contribution in [-0.4, -0.2) is 38.0 Å². The van der Waals surface area contributed by atoms with Crippen LogP contribution in [0.5, 0.6) is 0 Å². The summed E-state index contributed by atoms with van der Waals surface area (Å²) in [5.41, 5.74) is 0. The summed E-state index contributed by atoms with van der Waals surface area (Å²) in [6, 6.07) is 0. The third kappa shape index (κ3) is 9.76. The van der Waals surface area contributed by atoms with E-state index < -0.39 is 0 Å². The van der Waals surface area contributed by atoms with Gasteiger partial charge < -0.3 is 19.3 Å². The van der Waals surface area contributed by atoms with Gasteiger partial charge in [0.2, 0.25) is 0 Å². The van der Waals surface area contributed by atoms with Gasteiger partial charge in [-0.3, -0.25) is 0 Å². The molecule has 1 N–H and O–H groups in total. The standard InChI is InChI=1S/C9H20O4/c1-3-4-5-12-9(2)13-7-6-11-8-10/h9-10H,3-8H2,1-2H3. The number of ether oxygens (including phenoxy) is 3. The lowest BCUT2D eigenvalue weighted by Crippen LogP contribution is -2.17. The molecule has 1 atom stereocenters. The predicted octanol–water partition coefficient (Wildman–Crippen LogP) is 1.13. The molecule has 0 bridgehead atoms. The number of rotatable bonds is 9. The van der Waals surface area contributed by atoms with E-state index in [2.05, 4.69) is 11.7 Å². The highest BCUT2D eigenvalue weighted by molar-refractivity contribution is 4.36. The zero-order chi connectivity index (χ0) is 9.94. The summed E-state index contributed by atoms with van der Waals surface area (Å²) in [6.07, 6.45) is 2.00. The first-order valence-corrected chi connectivity index (χ1v) is 4.73. The molecule has 0 radical (unpaired) electrons. The normalized spacial score (nSPS) is 13.2. The third-order valence-electron chi connectivity index (χ3n) is 1.52. The molecule has 0 amide bonds. The lowest BCUT2D eigenvalue weighted by atomic mass is 10.4. The summed E-state index contributed by atoms with van der Waals surface area (Å²) in [5, 5.41) is 8.30. The fourth-order valence-corrected chi connectivity index (χ4v) is 0.779. The van der Waals surface area contributed by atoms with Crippen molar-refractivity contribution in [1.29, 1.82) is 0 Å². The SMILES string of the molecule is CCCCOC(C)OCCOCO. The third-order valence-corrected chi connectivity index (χ3v) is 1.52. The Kier molecular flexibility index (Phi) is 9.80. The van der Waals surface area contributed by atoms with E-state index in [0.717, 1.165) is 19.4 Å². The van der Waals surface area contributed by atoms with Crippen LogP contribution in [0.4, 0.5) is 0 Å². The Morgan fingerprint density at radius 2 is 1.85 bits per heavy atom. The topological polar surface area (TPSA) is 47.9 Å². The van der Waals surface area contributed by atoms with Crippen molar-refractivity contribution < 1.29 is 19.3 Å². The van der Waals surface area contributed by atoms with Crippen molar-refractivity contribution in [2.45, 2.75) is 33.0 Å². The van der Waals surface area contributed by atoms with Crippen molar-refractivity contribution in [2.75, 3.05) is 26.6 Å². The molecule has 4 nitrogen and oxygen atoms in total. The number of aliphatic hydroxyl groups excluding tert-OH is 1. The molecule has 0 aliphatic rings. The van der Waals surface area contributed by atoms with Crippen molar-refractivity contribution in [3.05, 3.63) is 0 Å². The smallest absolute Gasteiger partial charge is 0.154 e. The van der Waals surface area contributed by atoms with Crippen LogP contribution < -0.4 is 0 Å². The quantitative estimate of drug-likeness (QED) is 0.439. The van der Waals surface area contributed by atoms with Gasteiger partial charge in [-0.05, 0) is 13.3 Å². The zero-order valence-corrected chi connectivity index (χ0v) is 8.49. The molecule has 0 aliphatic carbocycles. The molecule has 0 aromatic carbocycles. The average Bonchev–Trinajstić information content (AvgIpc) is 2.13. The second kappa shape index (κ2) is 9.92. The zero-order valence-electron chi connectivity index (χ0n) is 8.49. The minimum absolute atomic E-state index is 0.186. The Balaban J connectivity index is 3.05. The van der Waals surface area contributed by atoms with Gasteiger partial charge >= 0.3 is 0 Å². The molecule has 0 spiro atoms. The highest BCUT2D eigenvalue weighted by atomic mass is 16.7. The summed E-state index contributed by atoms with van der Waals surface area (Å²) in [6.45, 7) is 5.30. The number of hydrogen-bond donors (Lipinski definition) is 1. The predicted molar refractivity (Wildman–Crippen MR) is 49.3 cm³/mol. The van der Waals surface area contributed by atoms with Gasteiger partial charge in [0.15, 0.2) is 6.29 Å². The Bertz CT molecular complexity index is 97.6. The molecule has 0 saturated heterocycles. The van der Waals surface area contributed by atoms with Gasteiger partial charge in [-0.1, -0.05) is 13.3 Å². The molecule has 0 heterocycles. The van der Waals surface area contributed by atoms with Crippen LogP contribution >= 0.6 is 0 Å². The van der Waals surface area contributed by atoms with Crippen LogP contribution in [0.15, 0.2) is 0 Å². The minimum atomic E-state index is -0.256. The first-order valence-electron chi connectivity index (χ1n) is 4.73. The maximum Gasteiger partial charge on any atom is 0.154 e. The van der Waals surface area contributed by atoms with Crippen molar-refractivity contribution >= 4 is 0 Å². The van der Waals surface area contributed by atoms with Crippen LogP contribution in [0.25, 0.3) is 0 Å². The Hall–Kier alpha value is -0.160. The lowest BCUT2D eigenvalue weighted by Gasteiger charge is -2.13. The van der Waals surface area contributed by atoms with Gasteiger partial charge in [-0.25, -0.2) is 0 Å². The van der Waals surface area contributed by atoms with Crippen molar-refractivity contribution in [3.63, 3.8) is 0 Å². The van der Waals surface area contributed by atoms with Crippen LogP contribution in [0, 0.1) is 0 Å². The molecule has 4 heteroatoms. The Morgan fingerprint density at radius 3 is 2.46 bits per heavy atom. The molecule has 0 fully saturated rings. The van der Waals surface area contributed by atoms with Gasteiger partial charge in [-0.2, -0.15) is 0 Å². The summed E-state index contributed by atoms with van der Waals surface area (Å²) >= 11 is 0. The first-order chi connectivity index (χ1) is 6.31. The van der Waals surface area contributed by atoms with Gasteiger partial charge in [0.1, 0.15) is 6.79 Å². The molecule has 0 aliphatic heterocycles. The van der Waals surface area contributed by atoms with Gasteiger partial charge in [0.05, 0.1) is 13.2 Å². The van der Waals surface area contributed by atoms with E-state index in [-0.39, 0.29) is 13.1 Å². The van der Waals surface area contributed by atoms with Crippen LogP contribution in [0.1, 0.15) is 26.7 Å². The van der Waals surface area contributed by atoms with E-state index in [9.17, 15) is 0 Å². The van der Waals surface area contributed by atoms with Crippen LogP contribution in [-0.2, 0) is 14.2 Å². The molecular formula is C9H20O4. The molecular weight excluding hydrogens is 172 g/mol. The second-order valence-corrected chi connectivity index (χ2v) is 2.70. The van der Waals surface area contributed by atoms with Crippen molar-refractivity contribution in [1.82, 2.24) is 0 Å². The molecule has 1 unspecified atom stereocenters. The Labute approximate surface area is 79.8 Å². The molecule has 80 valence electrons.